The van der Waals surface area contributed by atoms with Crippen molar-refractivity contribution in [3.63, 3.8) is 0 Å². The Bertz CT molecular complexity index is 428. The summed E-state index contributed by atoms with van der Waals surface area (Å²) in [5.74, 6) is 0.682. The summed E-state index contributed by atoms with van der Waals surface area (Å²) >= 11 is 0. The van der Waals surface area contributed by atoms with Gasteiger partial charge in [-0.25, -0.2) is 0 Å². The fourth-order valence-corrected chi connectivity index (χ4v) is 3.18. The van der Waals surface area contributed by atoms with E-state index < -0.39 is 0 Å². The van der Waals surface area contributed by atoms with E-state index >= 15 is 0 Å². The van der Waals surface area contributed by atoms with Crippen molar-refractivity contribution >= 4 is 0 Å². The van der Waals surface area contributed by atoms with Gasteiger partial charge in [0.05, 0.1) is 0 Å². The lowest BCUT2D eigenvalue weighted by atomic mass is 9.86. The smallest absolute Gasteiger partial charge is 0.00509 e. The summed E-state index contributed by atoms with van der Waals surface area (Å²) < 4.78 is 0. The van der Waals surface area contributed by atoms with Crippen molar-refractivity contribution in [3.05, 3.63) is 35.4 Å². The number of benzene rings is 1. The molecule has 0 spiro atoms. The zero-order chi connectivity index (χ0) is 15.5. The molecule has 1 aromatic rings. The second-order valence-corrected chi connectivity index (χ2v) is 7.76. The minimum absolute atomic E-state index is 0.246. The van der Waals surface area contributed by atoms with Crippen LogP contribution in [0.1, 0.15) is 51.7 Å². The van der Waals surface area contributed by atoms with Gasteiger partial charge in [0.1, 0.15) is 0 Å². The average molecular weight is 288 g/mol. The molecule has 1 heterocycles. The first-order valence-electron chi connectivity index (χ1n) is 8.43. The summed E-state index contributed by atoms with van der Waals surface area (Å²) in [7, 11) is 0. The summed E-state index contributed by atoms with van der Waals surface area (Å²) in [5.41, 5.74) is 9.18. The Morgan fingerprint density at radius 1 is 1.24 bits per heavy atom. The van der Waals surface area contributed by atoms with Crippen LogP contribution in [-0.4, -0.2) is 30.6 Å². The molecule has 0 bridgehead atoms. The average Bonchev–Trinajstić information content (AvgIpc) is 2.45. The van der Waals surface area contributed by atoms with Crippen molar-refractivity contribution in [1.29, 1.82) is 0 Å². The van der Waals surface area contributed by atoms with Crippen LogP contribution in [0.25, 0.3) is 0 Å². The van der Waals surface area contributed by atoms with Crippen molar-refractivity contribution in [2.45, 2.75) is 58.4 Å². The van der Waals surface area contributed by atoms with E-state index in [0.717, 1.165) is 13.0 Å². The highest BCUT2D eigenvalue weighted by molar-refractivity contribution is 5.27. The van der Waals surface area contributed by atoms with Crippen LogP contribution in [-0.2, 0) is 11.8 Å². The van der Waals surface area contributed by atoms with Gasteiger partial charge in [-0.15, -0.1) is 0 Å². The van der Waals surface area contributed by atoms with Crippen LogP contribution in [0.5, 0.6) is 0 Å². The van der Waals surface area contributed by atoms with Crippen molar-refractivity contribution in [2.24, 2.45) is 11.7 Å². The van der Waals surface area contributed by atoms with Gasteiger partial charge < -0.3 is 10.6 Å². The molecule has 2 heteroatoms. The summed E-state index contributed by atoms with van der Waals surface area (Å²) in [5, 5.41) is 0. The minimum Gasteiger partial charge on any atom is -0.328 e. The second kappa shape index (κ2) is 6.93. The quantitative estimate of drug-likeness (QED) is 0.917. The van der Waals surface area contributed by atoms with Crippen molar-refractivity contribution in [3.8, 4) is 0 Å². The molecule has 2 nitrogen and oxygen atoms in total. The topological polar surface area (TPSA) is 29.3 Å². The molecule has 2 atom stereocenters. The molecular weight excluding hydrogens is 256 g/mol. The van der Waals surface area contributed by atoms with Crippen LogP contribution < -0.4 is 5.73 Å². The van der Waals surface area contributed by atoms with Gasteiger partial charge in [0.2, 0.25) is 0 Å². The van der Waals surface area contributed by atoms with Crippen LogP contribution in [0.15, 0.2) is 24.3 Å². The molecule has 118 valence electrons. The van der Waals surface area contributed by atoms with Crippen molar-refractivity contribution in [2.75, 3.05) is 19.6 Å². The lowest BCUT2D eigenvalue weighted by Crippen LogP contribution is -2.43. The summed E-state index contributed by atoms with van der Waals surface area (Å²) in [4.78, 5) is 2.59. The molecule has 1 aliphatic heterocycles. The molecule has 1 saturated heterocycles. The Kier molecular flexibility index (Phi) is 5.45. The minimum atomic E-state index is 0.246. The number of rotatable bonds is 4. The molecule has 1 fully saturated rings. The van der Waals surface area contributed by atoms with Gasteiger partial charge in [0, 0.05) is 19.1 Å². The number of likely N-dealkylation sites (tertiary alicyclic amines) is 1. The Morgan fingerprint density at radius 3 is 2.48 bits per heavy atom. The first-order valence-corrected chi connectivity index (χ1v) is 8.43. The standard InChI is InChI=1S/C19H32N2/c1-15(20)17-6-5-12-21(14-17)13-11-16-7-9-18(10-8-16)19(2,3)4/h7-10,15,17H,5-6,11-14,20H2,1-4H3. The highest BCUT2D eigenvalue weighted by atomic mass is 15.1. The summed E-state index contributed by atoms with van der Waals surface area (Å²) in [6.45, 7) is 12.5. The van der Waals surface area contributed by atoms with Crippen LogP contribution in [0.3, 0.4) is 0 Å². The van der Waals surface area contributed by atoms with Crippen LogP contribution >= 0.6 is 0 Å². The molecule has 0 saturated carbocycles. The highest BCUT2D eigenvalue weighted by Crippen LogP contribution is 2.23. The molecule has 0 radical (unpaired) electrons. The van der Waals surface area contributed by atoms with E-state index in [9.17, 15) is 0 Å². The van der Waals surface area contributed by atoms with Gasteiger partial charge >= 0.3 is 0 Å². The number of hydrogen-bond acceptors (Lipinski definition) is 2. The fourth-order valence-electron chi connectivity index (χ4n) is 3.18. The Balaban J connectivity index is 1.85. The third-order valence-corrected chi connectivity index (χ3v) is 4.82. The SMILES string of the molecule is CC(N)C1CCCN(CCc2ccc(C(C)(C)C)cc2)C1. The normalized spacial score (nSPS) is 22.2. The molecule has 2 unspecified atom stereocenters. The van der Waals surface area contributed by atoms with Crippen molar-refractivity contribution in [1.82, 2.24) is 4.90 Å². The zero-order valence-corrected chi connectivity index (χ0v) is 14.2. The number of nitrogens with zero attached hydrogens (tertiary/aromatic N) is 1. The predicted molar refractivity (Wildman–Crippen MR) is 91.7 cm³/mol. The molecule has 2 N–H and O–H groups in total. The van der Waals surface area contributed by atoms with Crippen LogP contribution in [0, 0.1) is 5.92 Å². The molecule has 0 amide bonds. The fraction of sp³-hybridized carbons (Fsp3) is 0.684. The van der Waals surface area contributed by atoms with Gasteiger partial charge in [-0.1, -0.05) is 45.0 Å². The van der Waals surface area contributed by atoms with Gasteiger partial charge in [0.25, 0.3) is 0 Å². The maximum Gasteiger partial charge on any atom is 0.00509 e. The number of hydrogen-bond donors (Lipinski definition) is 1. The van der Waals surface area contributed by atoms with E-state index in [0.29, 0.717) is 12.0 Å². The van der Waals surface area contributed by atoms with E-state index in [4.69, 9.17) is 5.73 Å². The molecule has 0 aromatic heterocycles. The maximum absolute atomic E-state index is 6.07. The molecule has 1 aliphatic rings. The monoisotopic (exact) mass is 288 g/mol. The Labute approximate surface area is 130 Å². The Morgan fingerprint density at radius 2 is 1.90 bits per heavy atom. The molecular formula is C19H32N2. The number of nitrogens with two attached hydrogens (primary N) is 1. The summed E-state index contributed by atoms with van der Waals surface area (Å²) in [6.07, 6.45) is 3.75. The number of piperidine rings is 1. The highest BCUT2D eigenvalue weighted by Gasteiger charge is 2.22. The van der Waals surface area contributed by atoms with Gasteiger partial charge in [-0.2, -0.15) is 0 Å². The molecule has 1 aromatic carbocycles. The molecule has 21 heavy (non-hydrogen) atoms. The largest absolute Gasteiger partial charge is 0.328 e. The van der Waals surface area contributed by atoms with Crippen LogP contribution in [0.2, 0.25) is 0 Å². The van der Waals surface area contributed by atoms with Crippen LogP contribution in [0.4, 0.5) is 0 Å². The maximum atomic E-state index is 6.07. The van der Waals surface area contributed by atoms with Gasteiger partial charge in [-0.3, -0.25) is 0 Å². The molecule has 2 rings (SSSR count). The second-order valence-electron chi connectivity index (χ2n) is 7.76. The third kappa shape index (κ3) is 4.82. The Hall–Kier alpha value is -0.860. The van der Waals surface area contributed by atoms with Gasteiger partial charge in [0.15, 0.2) is 0 Å². The first-order chi connectivity index (χ1) is 9.86. The van der Waals surface area contributed by atoms with E-state index in [2.05, 4.69) is 56.9 Å². The van der Waals surface area contributed by atoms with E-state index in [1.165, 1.54) is 37.1 Å². The lowest BCUT2D eigenvalue weighted by molar-refractivity contribution is 0.162. The third-order valence-electron chi connectivity index (χ3n) is 4.82. The lowest BCUT2D eigenvalue weighted by Gasteiger charge is -2.34. The van der Waals surface area contributed by atoms with Gasteiger partial charge in [-0.05, 0) is 55.2 Å². The molecule has 0 aliphatic carbocycles. The zero-order valence-electron chi connectivity index (χ0n) is 14.2. The van der Waals surface area contributed by atoms with E-state index in [1.54, 1.807) is 0 Å². The van der Waals surface area contributed by atoms with E-state index in [-0.39, 0.29) is 5.41 Å². The first kappa shape index (κ1) is 16.5. The van der Waals surface area contributed by atoms with E-state index in [1.807, 2.05) is 0 Å². The predicted octanol–water partition coefficient (Wildman–Crippen LogP) is 3.59. The summed E-state index contributed by atoms with van der Waals surface area (Å²) in [6, 6.07) is 9.51. The van der Waals surface area contributed by atoms with Crippen molar-refractivity contribution < 1.29 is 0 Å².